The monoisotopic (exact) mass is 874 g/mol. The molecule has 0 saturated carbocycles. The first-order valence-electron chi connectivity index (χ1n) is 18.1. The van der Waals surface area contributed by atoms with Crippen LogP contribution in [0.5, 0.6) is 0 Å². The first-order chi connectivity index (χ1) is 25.2. The van der Waals surface area contributed by atoms with Gasteiger partial charge in [-0.1, -0.05) is 95.8 Å². The summed E-state index contributed by atoms with van der Waals surface area (Å²) in [6, 6.07) is 39.3. The predicted molar refractivity (Wildman–Crippen MR) is 246 cm³/mol. The topological polar surface area (TPSA) is 26.3 Å². The van der Waals surface area contributed by atoms with Crippen molar-refractivity contribution in [3.8, 4) is 44.9 Å². The van der Waals surface area contributed by atoms with Crippen molar-refractivity contribution in [3.63, 3.8) is 0 Å². The van der Waals surface area contributed by atoms with Crippen LogP contribution in [-0.2, 0) is 36.2 Å². The van der Waals surface area contributed by atoms with Gasteiger partial charge in [-0.05, 0) is 112 Å². The fourth-order valence-electron chi connectivity index (χ4n) is 7.51. The Hall–Kier alpha value is -3.66. The Morgan fingerprint density at radius 3 is 1.20 bits per heavy atom. The normalized spacial score (nSPS) is 10.2. The van der Waals surface area contributed by atoms with Gasteiger partial charge in [-0.3, -0.25) is 0 Å². The first-order valence-corrected chi connectivity index (χ1v) is 22.3. The maximum absolute atomic E-state index is 5.85. The molecule has 0 amide bonds. The van der Waals surface area contributed by atoms with E-state index in [9.17, 15) is 0 Å². The Bertz CT molecular complexity index is 2340. The van der Waals surface area contributed by atoms with E-state index in [1.807, 2.05) is 26.0 Å². The van der Waals surface area contributed by atoms with Gasteiger partial charge < -0.3 is 23.7 Å². The van der Waals surface area contributed by atoms with Gasteiger partial charge in [0.2, 0.25) is 0 Å². The third kappa shape index (κ3) is 9.71. The molecule has 0 atom stereocenters. The summed E-state index contributed by atoms with van der Waals surface area (Å²) in [6.45, 7) is 20.4. The second-order valence-electron chi connectivity index (χ2n) is 13.7. The van der Waals surface area contributed by atoms with E-state index in [-0.39, 0.29) is 39.7 Å². The van der Waals surface area contributed by atoms with E-state index in [0.717, 1.165) is 47.0 Å². The van der Waals surface area contributed by atoms with Crippen molar-refractivity contribution in [1.29, 1.82) is 0 Å². The molecule has 0 fully saturated rings. The Morgan fingerprint density at radius 2 is 0.875 bits per heavy atom. The molecule has 8 rings (SSSR count). The van der Waals surface area contributed by atoms with Gasteiger partial charge in [-0.2, -0.15) is 0 Å². The molecule has 0 bridgehead atoms. The van der Waals surface area contributed by atoms with Gasteiger partial charge in [-0.25, -0.2) is 0 Å². The fraction of sp³-hybridized carbons (Fsp3) is 0.200. The summed E-state index contributed by atoms with van der Waals surface area (Å²) in [5.74, 6) is 3.78. The van der Waals surface area contributed by atoms with E-state index >= 15 is 0 Å². The molecular formula is C50H54Cl2O2SiZr-4. The van der Waals surface area contributed by atoms with Gasteiger partial charge in [0.25, 0.3) is 0 Å². The molecule has 0 unspecified atom stereocenters. The molecule has 6 heteroatoms. The zero-order chi connectivity index (χ0) is 37.1. The third-order valence-electron chi connectivity index (χ3n) is 10.4. The van der Waals surface area contributed by atoms with Crippen molar-refractivity contribution in [3.05, 3.63) is 169 Å². The van der Waals surface area contributed by atoms with Crippen LogP contribution in [0.3, 0.4) is 0 Å². The van der Waals surface area contributed by atoms with Crippen LogP contribution in [0.4, 0.5) is 0 Å². The molecule has 292 valence electrons. The zero-order valence-electron chi connectivity index (χ0n) is 34.4. The fourth-order valence-corrected chi connectivity index (χ4v) is 7.51. The Balaban J connectivity index is 0.000000347. The molecule has 0 aliphatic carbocycles. The van der Waals surface area contributed by atoms with Crippen LogP contribution in [0.25, 0.3) is 66.4 Å². The number of furan rings is 2. The summed E-state index contributed by atoms with van der Waals surface area (Å²) < 4.78 is 11.7. The van der Waals surface area contributed by atoms with Crippen molar-refractivity contribution in [2.24, 2.45) is 0 Å². The Kier molecular flexibility index (Phi) is 18.4. The van der Waals surface area contributed by atoms with E-state index in [1.165, 1.54) is 101 Å². The Morgan fingerprint density at radius 1 is 0.518 bits per heavy atom. The molecule has 2 heterocycles. The standard InChI is InChI=1S/2C24H23O.2CH3.2ClH.Si.Zr/c2*1-5-18-8-6-7-9-21(18)24-17(4)15(2)12-19-13-20(14-22(19)24)23-11-10-16(3)25-23;;;;;;/h2*6-14H,5H2,1-4H3;2*1H3;2*1H;;/q4*-1;;;;. The van der Waals surface area contributed by atoms with Crippen LogP contribution in [0, 0.1) is 56.4 Å². The molecule has 56 heavy (non-hydrogen) atoms. The van der Waals surface area contributed by atoms with Gasteiger partial charge in [0.1, 0.15) is 0 Å². The summed E-state index contributed by atoms with van der Waals surface area (Å²) >= 11 is 1.36. The quantitative estimate of drug-likeness (QED) is 0.123. The molecule has 0 aliphatic heterocycles. The van der Waals surface area contributed by atoms with Crippen molar-refractivity contribution in [1.82, 2.24) is 0 Å². The van der Waals surface area contributed by atoms with Crippen molar-refractivity contribution in [2.45, 2.75) is 68.2 Å². The molecule has 0 spiro atoms. The van der Waals surface area contributed by atoms with E-state index in [0.29, 0.717) is 0 Å². The molecule has 8 aromatic rings. The maximum atomic E-state index is 5.85. The van der Waals surface area contributed by atoms with E-state index in [1.54, 1.807) is 0 Å². The van der Waals surface area contributed by atoms with Gasteiger partial charge in [0.15, 0.2) is 0 Å². The number of hydrogen-bond acceptors (Lipinski definition) is 2. The Labute approximate surface area is 364 Å². The summed E-state index contributed by atoms with van der Waals surface area (Å²) in [6.07, 6.45) is 2.08. The van der Waals surface area contributed by atoms with Crippen LogP contribution in [0.15, 0.2) is 118 Å². The second kappa shape index (κ2) is 21.2. The minimum atomic E-state index is 0. The molecule has 0 N–H and O–H groups in total. The van der Waals surface area contributed by atoms with Crippen molar-refractivity contribution in [2.75, 3.05) is 0 Å². The summed E-state index contributed by atoms with van der Waals surface area (Å²) in [5.41, 5.74) is 15.9. The van der Waals surface area contributed by atoms with Crippen LogP contribution >= 0.6 is 24.8 Å². The number of rotatable bonds is 6. The van der Waals surface area contributed by atoms with Crippen LogP contribution < -0.4 is 0 Å². The SMILES string of the molecule is CCc1ccccc1-c1c(C)c(C)cc2[cH-]c(-c3ccc(C)o3)cc12.CCc1ccccc1-c1c(C)c(C)cc2[cH-]c(-c3ccc(C)o3)cc12.Cl.Cl.[CH3-].[CH3-].[Si]=[Zr]. The number of benzene rings is 4. The molecule has 6 aromatic carbocycles. The van der Waals surface area contributed by atoms with E-state index < -0.39 is 0 Å². The molecule has 2 radical (unpaired) electrons. The van der Waals surface area contributed by atoms with Gasteiger partial charge in [-0.15, -0.1) is 82.8 Å². The number of halogens is 2. The van der Waals surface area contributed by atoms with E-state index in [2.05, 4.69) is 145 Å². The van der Waals surface area contributed by atoms with E-state index in [4.69, 9.17) is 8.83 Å². The number of aryl methyl sites for hydroxylation is 6. The minimum absolute atomic E-state index is 0. The first kappa shape index (κ1) is 48.5. The van der Waals surface area contributed by atoms with Crippen LogP contribution in [0.2, 0.25) is 0 Å². The van der Waals surface area contributed by atoms with Gasteiger partial charge in [0, 0.05) is 0 Å². The molecular weight excluding hydrogens is 823 g/mol. The van der Waals surface area contributed by atoms with Crippen molar-refractivity contribution >= 4 is 53.2 Å². The average molecular weight is 877 g/mol. The molecule has 2 nitrogen and oxygen atoms in total. The second-order valence-corrected chi connectivity index (χ2v) is 13.7. The van der Waals surface area contributed by atoms with Crippen LogP contribution in [-0.4, -0.2) is 6.88 Å². The summed E-state index contributed by atoms with van der Waals surface area (Å²) in [7, 11) is 0. The average Bonchev–Trinajstić information content (AvgIpc) is 3.98. The molecule has 0 aliphatic rings. The van der Waals surface area contributed by atoms with Crippen LogP contribution in [0.1, 0.15) is 58.7 Å². The summed E-state index contributed by atoms with van der Waals surface area (Å²) in [5, 5.41) is 5.20. The zero-order valence-corrected chi connectivity index (χ0v) is 39.5. The molecule has 0 saturated heterocycles. The van der Waals surface area contributed by atoms with Gasteiger partial charge in [0.05, 0.1) is 23.0 Å². The number of hydrogen-bond donors (Lipinski definition) is 0. The van der Waals surface area contributed by atoms with Gasteiger partial charge >= 0.3 is 30.2 Å². The molecule has 2 aromatic heterocycles. The summed E-state index contributed by atoms with van der Waals surface area (Å²) in [4.78, 5) is 0. The third-order valence-corrected chi connectivity index (χ3v) is 10.4. The van der Waals surface area contributed by atoms with Crippen molar-refractivity contribution < 1.29 is 32.2 Å². The number of fused-ring (bicyclic) bond motifs is 2. The predicted octanol–water partition coefficient (Wildman–Crippen LogP) is 15.3.